The largest absolute Gasteiger partial charge is 0.393 e. The average Bonchev–Trinajstić information content (AvgIpc) is 1.97. The summed E-state index contributed by atoms with van der Waals surface area (Å²) in [6, 6.07) is 0. The summed E-state index contributed by atoms with van der Waals surface area (Å²) in [5, 5.41) is 9.26. The minimum absolute atomic E-state index is 0.0991. The molecule has 0 aromatic rings. The standard InChI is InChI=1S/C9H18O/c1-3-5-7-9(10)8-6-4-2/h3,9-10H,1,4-8H2,2H3/t9-/m1/s1. The molecule has 0 aliphatic rings. The molecule has 1 heteroatoms. The summed E-state index contributed by atoms with van der Waals surface area (Å²) >= 11 is 0. The Morgan fingerprint density at radius 1 is 1.50 bits per heavy atom. The fraction of sp³-hybridized carbons (Fsp3) is 0.778. The lowest BCUT2D eigenvalue weighted by Gasteiger charge is -2.06. The molecule has 1 N–H and O–H groups in total. The van der Waals surface area contributed by atoms with Crippen LogP contribution in [0.1, 0.15) is 39.0 Å². The molecular weight excluding hydrogens is 124 g/mol. The van der Waals surface area contributed by atoms with Crippen LogP contribution in [0.2, 0.25) is 0 Å². The molecule has 0 amide bonds. The summed E-state index contributed by atoms with van der Waals surface area (Å²) in [4.78, 5) is 0. The molecule has 0 aromatic carbocycles. The molecule has 60 valence electrons. The van der Waals surface area contributed by atoms with Crippen LogP contribution in [0.4, 0.5) is 0 Å². The fourth-order valence-corrected chi connectivity index (χ4v) is 0.894. The minimum atomic E-state index is -0.0991. The maximum absolute atomic E-state index is 9.26. The fourth-order valence-electron chi connectivity index (χ4n) is 0.894. The summed E-state index contributed by atoms with van der Waals surface area (Å²) in [5.74, 6) is 0. The van der Waals surface area contributed by atoms with Gasteiger partial charge in [-0.05, 0) is 19.3 Å². The van der Waals surface area contributed by atoms with E-state index in [1.165, 1.54) is 6.42 Å². The van der Waals surface area contributed by atoms with Gasteiger partial charge in [-0.25, -0.2) is 0 Å². The van der Waals surface area contributed by atoms with Gasteiger partial charge in [0.2, 0.25) is 0 Å². The highest BCUT2D eigenvalue weighted by Crippen LogP contribution is 2.06. The zero-order chi connectivity index (χ0) is 7.82. The van der Waals surface area contributed by atoms with Gasteiger partial charge < -0.3 is 5.11 Å². The lowest BCUT2D eigenvalue weighted by Crippen LogP contribution is -2.04. The van der Waals surface area contributed by atoms with Gasteiger partial charge in [-0.3, -0.25) is 0 Å². The summed E-state index contributed by atoms with van der Waals surface area (Å²) in [6.45, 7) is 5.74. The van der Waals surface area contributed by atoms with Gasteiger partial charge in [0.25, 0.3) is 0 Å². The van der Waals surface area contributed by atoms with Crippen LogP contribution in [0.5, 0.6) is 0 Å². The van der Waals surface area contributed by atoms with E-state index >= 15 is 0 Å². The zero-order valence-electron chi connectivity index (χ0n) is 6.84. The van der Waals surface area contributed by atoms with E-state index in [9.17, 15) is 5.11 Å². The van der Waals surface area contributed by atoms with E-state index in [-0.39, 0.29) is 6.10 Å². The van der Waals surface area contributed by atoms with Gasteiger partial charge in [0.15, 0.2) is 0 Å². The minimum Gasteiger partial charge on any atom is -0.393 e. The maximum atomic E-state index is 9.26. The van der Waals surface area contributed by atoms with Crippen LogP contribution in [-0.2, 0) is 0 Å². The zero-order valence-corrected chi connectivity index (χ0v) is 6.84. The van der Waals surface area contributed by atoms with Crippen molar-refractivity contribution in [1.82, 2.24) is 0 Å². The number of unbranched alkanes of at least 4 members (excludes halogenated alkanes) is 1. The van der Waals surface area contributed by atoms with Crippen molar-refractivity contribution < 1.29 is 5.11 Å². The van der Waals surface area contributed by atoms with Crippen molar-refractivity contribution in [3.8, 4) is 0 Å². The van der Waals surface area contributed by atoms with Crippen molar-refractivity contribution in [3.63, 3.8) is 0 Å². The number of hydrogen-bond acceptors (Lipinski definition) is 1. The lowest BCUT2D eigenvalue weighted by molar-refractivity contribution is 0.153. The number of rotatable bonds is 6. The number of aliphatic hydroxyl groups is 1. The summed E-state index contributed by atoms with van der Waals surface area (Å²) in [7, 11) is 0. The lowest BCUT2D eigenvalue weighted by atomic mass is 10.1. The summed E-state index contributed by atoms with van der Waals surface area (Å²) < 4.78 is 0. The third kappa shape index (κ3) is 5.83. The Balaban J connectivity index is 3.07. The molecule has 10 heavy (non-hydrogen) atoms. The number of aliphatic hydroxyl groups excluding tert-OH is 1. The van der Waals surface area contributed by atoms with E-state index in [0.717, 1.165) is 25.7 Å². The predicted molar refractivity (Wildman–Crippen MR) is 45.0 cm³/mol. The van der Waals surface area contributed by atoms with Gasteiger partial charge in [0.05, 0.1) is 6.10 Å². The molecule has 0 radical (unpaired) electrons. The molecule has 0 spiro atoms. The van der Waals surface area contributed by atoms with Crippen molar-refractivity contribution >= 4 is 0 Å². The molecule has 0 heterocycles. The predicted octanol–water partition coefficient (Wildman–Crippen LogP) is 2.50. The van der Waals surface area contributed by atoms with Gasteiger partial charge >= 0.3 is 0 Å². The van der Waals surface area contributed by atoms with E-state index < -0.39 is 0 Å². The third-order valence-corrected chi connectivity index (χ3v) is 1.59. The Morgan fingerprint density at radius 3 is 2.70 bits per heavy atom. The van der Waals surface area contributed by atoms with Crippen LogP contribution < -0.4 is 0 Å². The molecule has 0 aromatic heterocycles. The Bertz CT molecular complexity index is 78.8. The highest BCUT2D eigenvalue weighted by molar-refractivity contribution is 4.68. The van der Waals surface area contributed by atoms with E-state index in [1.807, 2.05) is 6.08 Å². The monoisotopic (exact) mass is 142 g/mol. The molecule has 0 bridgehead atoms. The topological polar surface area (TPSA) is 20.2 Å². The molecule has 0 aliphatic heterocycles. The van der Waals surface area contributed by atoms with Crippen molar-refractivity contribution in [3.05, 3.63) is 12.7 Å². The first-order valence-corrected chi connectivity index (χ1v) is 4.10. The highest BCUT2D eigenvalue weighted by atomic mass is 16.3. The Kier molecular flexibility index (Phi) is 6.61. The molecule has 0 fully saturated rings. The normalized spacial score (nSPS) is 13.0. The molecule has 0 rings (SSSR count). The van der Waals surface area contributed by atoms with Crippen LogP contribution in [0, 0.1) is 0 Å². The molecule has 0 unspecified atom stereocenters. The van der Waals surface area contributed by atoms with E-state index in [4.69, 9.17) is 0 Å². The number of allylic oxidation sites excluding steroid dienone is 1. The van der Waals surface area contributed by atoms with Crippen LogP contribution in [0.3, 0.4) is 0 Å². The second-order valence-electron chi connectivity index (χ2n) is 2.66. The van der Waals surface area contributed by atoms with Crippen molar-refractivity contribution in [2.75, 3.05) is 0 Å². The van der Waals surface area contributed by atoms with Crippen LogP contribution in [0.15, 0.2) is 12.7 Å². The van der Waals surface area contributed by atoms with Crippen LogP contribution in [-0.4, -0.2) is 11.2 Å². The highest BCUT2D eigenvalue weighted by Gasteiger charge is 1.99. The second-order valence-corrected chi connectivity index (χ2v) is 2.66. The second kappa shape index (κ2) is 6.81. The molecular formula is C9H18O. The first-order chi connectivity index (χ1) is 4.81. The maximum Gasteiger partial charge on any atom is 0.0543 e. The summed E-state index contributed by atoms with van der Waals surface area (Å²) in [6.07, 6.45) is 6.83. The average molecular weight is 142 g/mol. The van der Waals surface area contributed by atoms with Crippen molar-refractivity contribution in [2.24, 2.45) is 0 Å². The van der Waals surface area contributed by atoms with E-state index in [1.54, 1.807) is 0 Å². The Morgan fingerprint density at radius 2 is 2.20 bits per heavy atom. The molecule has 0 aliphatic carbocycles. The van der Waals surface area contributed by atoms with E-state index in [2.05, 4.69) is 13.5 Å². The Labute approximate surface area is 63.8 Å². The Hall–Kier alpha value is -0.300. The van der Waals surface area contributed by atoms with E-state index in [0.29, 0.717) is 0 Å². The van der Waals surface area contributed by atoms with Crippen molar-refractivity contribution in [2.45, 2.75) is 45.1 Å². The summed E-state index contributed by atoms with van der Waals surface area (Å²) in [5.41, 5.74) is 0. The molecule has 0 saturated carbocycles. The number of hydrogen-bond donors (Lipinski definition) is 1. The van der Waals surface area contributed by atoms with Gasteiger partial charge in [0, 0.05) is 0 Å². The van der Waals surface area contributed by atoms with Crippen LogP contribution in [0.25, 0.3) is 0 Å². The van der Waals surface area contributed by atoms with Crippen molar-refractivity contribution in [1.29, 1.82) is 0 Å². The third-order valence-electron chi connectivity index (χ3n) is 1.59. The quantitative estimate of drug-likeness (QED) is 0.565. The smallest absolute Gasteiger partial charge is 0.0543 e. The molecule has 1 nitrogen and oxygen atoms in total. The first-order valence-electron chi connectivity index (χ1n) is 4.10. The molecule has 0 saturated heterocycles. The first kappa shape index (κ1) is 9.70. The van der Waals surface area contributed by atoms with Gasteiger partial charge in [-0.1, -0.05) is 25.8 Å². The van der Waals surface area contributed by atoms with Gasteiger partial charge in [-0.2, -0.15) is 0 Å². The van der Waals surface area contributed by atoms with Crippen LogP contribution >= 0.6 is 0 Å². The van der Waals surface area contributed by atoms with Gasteiger partial charge in [0.1, 0.15) is 0 Å². The SMILES string of the molecule is C=CCC[C@@H](O)CCCC. The van der Waals surface area contributed by atoms with Gasteiger partial charge in [-0.15, -0.1) is 6.58 Å². The molecule has 1 atom stereocenters.